The first kappa shape index (κ1) is 58.4. The molecule has 24 nitrogen and oxygen atoms in total. The average molecular weight is 1120 g/mol. The molecule has 81 heavy (non-hydrogen) atoms. The van der Waals surface area contributed by atoms with Gasteiger partial charge in [-0.3, -0.25) is 52.8 Å². The van der Waals surface area contributed by atoms with E-state index in [9.17, 15) is 63.0 Å². The van der Waals surface area contributed by atoms with E-state index in [2.05, 4.69) is 37.2 Å². The fourth-order valence-electron chi connectivity index (χ4n) is 10.5. The number of halogens is 1. The third-order valence-corrected chi connectivity index (χ3v) is 14.9. The number of aliphatic hydroxyl groups is 2. The van der Waals surface area contributed by atoms with E-state index in [1.807, 2.05) is 0 Å². The Kier molecular flexibility index (Phi) is 18.5. The van der Waals surface area contributed by atoms with E-state index >= 15 is 4.39 Å². The second-order valence-electron chi connectivity index (χ2n) is 20.2. The second kappa shape index (κ2) is 25.6. The molecule has 4 aromatic rings. The maximum absolute atomic E-state index is 15.4. The minimum atomic E-state index is -2.08. The zero-order valence-corrected chi connectivity index (χ0v) is 44.7. The molecule has 4 aliphatic rings. The van der Waals surface area contributed by atoms with E-state index in [0.29, 0.717) is 70.3 Å². The van der Waals surface area contributed by atoms with Crippen LogP contribution in [0.4, 0.5) is 4.39 Å². The van der Waals surface area contributed by atoms with Gasteiger partial charge < -0.3 is 56.7 Å². The Morgan fingerprint density at radius 1 is 0.790 bits per heavy atom. The standard InChI is InChI=1S/C56H63FN10O14/c1-3-56(80)35-22-41-51-33(27-67(41)54(78)34(35)29-81-55(56)79)50-37(16-15-32-30(2)36(57)23-38(64-51)49(32)50)65-53(77)40(28-68)63-43(70)14-10-19-58-44(71)25-61-52(76)39(21-31-11-6-4-7-12-31)62-46(73)26-60-45(72)24-59-42(69)13-8-5-9-20-66-47(74)17-18-48(66)75/h4,6-7,11-12,17-18,22-23,37,39-40,68,80H,3,5,8-10,13-16,19-21,24-29H2,1-2H3,(H,58,71)(H,59,69)(H,60,72)(H,61,76)(H,62,73)(H,63,70)(H,65,77)/t37-,39-,40-,56-/m0/s1. The summed E-state index contributed by atoms with van der Waals surface area (Å²) in [4.78, 5) is 147. The van der Waals surface area contributed by atoms with Gasteiger partial charge in [-0.2, -0.15) is 0 Å². The van der Waals surface area contributed by atoms with E-state index in [1.165, 1.54) is 28.9 Å². The molecule has 25 heteroatoms. The van der Waals surface area contributed by atoms with Gasteiger partial charge in [0, 0.05) is 67.1 Å². The number of fused-ring (bicyclic) bond motifs is 5. The third kappa shape index (κ3) is 13.2. The van der Waals surface area contributed by atoms with E-state index in [0.717, 1.165) is 4.90 Å². The molecular formula is C56H63FN10O14. The molecule has 0 saturated carbocycles. The van der Waals surface area contributed by atoms with Crippen LogP contribution in [0.5, 0.6) is 0 Å². The number of nitrogens with zero attached hydrogens (tertiary/aromatic N) is 3. The van der Waals surface area contributed by atoms with Crippen molar-refractivity contribution >= 4 is 70.0 Å². The number of hydrogen-bond donors (Lipinski definition) is 9. The van der Waals surface area contributed by atoms with Crippen molar-refractivity contribution in [2.75, 3.05) is 39.3 Å². The summed E-state index contributed by atoms with van der Waals surface area (Å²) < 4.78 is 22.1. The Balaban J connectivity index is 0.791. The lowest BCUT2D eigenvalue weighted by Crippen LogP contribution is -2.52. The molecule has 2 aromatic heterocycles. The van der Waals surface area contributed by atoms with Crippen molar-refractivity contribution in [1.82, 2.24) is 51.7 Å². The summed E-state index contributed by atoms with van der Waals surface area (Å²) in [7, 11) is 0. The number of nitrogens with one attached hydrogen (secondary N) is 7. The Bertz CT molecular complexity index is 3290. The van der Waals surface area contributed by atoms with Crippen molar-refractivity contribution in [2.45, 2.75) is 115 Å². The fourth-order valence-corrected chi connectivity index (χ4v) is 10.5. The van der Waals surface area contributed by atoms with Crippen LogP contribution in [0.15, 0.2) is 59.4 Å². The second-order valence-corrected chi connectivity index (χ2v) is 20.2. The third-order valence-electron chi connectivity index (χ3n) is 14.9. The van der Waals surface area contributed by atoms with Gasteiger partial charge in [0.15, 0.2) is 5.60 Å². The van der Waals surface area contributed by atoms with Crippen molar-refractivity contribution in [2.24, 2.45) is 0 Å². The lowest BCUT2D eigenvalue weighted by Gasteiger charge is -2.31. The average Bonchev–Trinajstić information content (AvgIpc) is 2.49. The number of esters is 1. The number of unbranched alkanes of at least 4 members (excludes halogenated alkanes) is 2. The molecule has 428 valence electrons. The minimum Gasteiger partial charge on any atom is -0.458 e. The summed E-state index contributed by atoms with van der Waals surface area (Å²) in [6.45, 7) is 0.889. The van der Waals surface area contributed by atoms with Crippen LogP contribution >= 0.6 is 0 Å². The summed E-state index contributed by atoms with van der Waals surface area (Å²) in [5.74, 6) is -6.61. The van der Waals surface area contributed by atoms with Gasteiger partial charge in [-0.05, 0) is 73.8 Å². The molecule has 4 atom stereocenters. The number of hydrogen-bond acceptors (Lipinski definition) is 15. The topological polar surface area (TPSA) is 343 Å². The molecule has 2 aromatic carbocycles. The Morgan fingerprint density at radius 3 is 2.20 bits per heavy atom. The lowest BCUT2D eigenvalue weighted by molar-refractivity contribution is -0.172. The highest BCUT2D eigenvalue weighted by molar-refractivity contribution is 6.12. The van der Waals surface area contributed by atoms with Crippen LogP contribution in [-0.2, 0) is 84.3 Å². The summed E-state index contributed by atoms with van der Waals surface area (Å²) in [5.41, 5.74) is 1.39. The highest BCUT2D eigenvalue weighted by Crippen LogP contribution is 2.46. The van der Waals surface area contributed by atoms with Crippen LogP contribution in [0, 0.1) is 12.7 Å². The summed E-state index contributed by atoms with van der Waals surface area (Å²) in [6.07, 6.45) is 4.53. The van der Waals surface area contributed by atoms with E-state index in [-0.39, 0.29) is 93.2 Å². The Morgan fingerprint density at radius 2 is 1.47 bits per heavy atom. The maximum Gasteiger partial charge on any atom is 0.343 e. The van der Waals surface area contributed by atoms with Crippen LogP contribution in [0.3, 0.4) is 0 Å². The number of rotatable bonds is 25. The SMILES string of the molecule is CC[C@@]1(O)C(=O)OCc2c1cc1n(c2=O)Cc2c-1nc1cc(F)c(C)c3c1c2[C@@H](NC(=O)[C@H](CO)NC(=O)CCCNC(=O)CNC(=O)[C@H](Cc1ccccc1)NC(=O)CNC(=O)CNC(=O)CCCCCN1C(=O)C=CC1=O)CC3. The molecule has 9 N–H and O–H groups in total. The van der Waals surface area contributed by atoms with Gasteiger partial charge in [-0.15, -0.1) is 0 Å². The number of aryl methyl sites for hydroxylation is 1. The Labute approximate surface area is 463 Å². The van der Waals surface area contributed by atoms with Crippen molar-refractivity contribution in [1.29, 1.82) is 0 Å². The number of aliphatic hydroxyl groups excluding tert-OH is 1. The minimum absolute atomic E-state index is 0.00109. The van der Waals surface area contributed by atoms with Crippen molar-refractivity contribution in [3.8, 4) is 11.4 Å². The number of pyridine rings is 2. The first-order valence-electron chi connectivity index (χ1n) is 26.8. The van der Waals surface area contributed by atoms with Crippen molar-refractivity contribution < 1.29 is 67.3 Å². The molecule has 0 spiro atoms. The van der Waals surface area contributed by atoms with Crippen LogP contribution in [0.25, 0.3) is 22.3 Å². The zero-order valence-electron chi connectivity index (χ0n) is 44.7. The normalized spacial score (nSPS) is 17.3. The van der Waals surface area contributed by atoms with Crippen LogP contribution < -0.4 is 42.8 Å². The number of imide groups is 1. The summed E-state index contributed by atoms with van der Waals surface area (Å²) in [5, 5.41) is 40.3. The van der Waals surface area contributed by atoms with Gasteiger partial charge in [-0.25, -0.2) is 14.2 Å². The first-order chi connectivity index (χ1) is 38.8. The first-order valence-corrected chi connectivity index (χ1v) is 26.8. The molecule has 0 radical (unpaired) electrons. The number of ether oxygens (including phenoxy) is 1. The molecular weight excluding hydrogens is 1060 g/mol. The zero-order chi connectivity index (χ0) is 58.1. The highest BCUT2D eigenvalue weighted by atomic mass is 19.1. The number of carbonyl (C=O) groups is 10. The summed E-state index contributed by atoms with van der Waals surface area (Å²) in [6, 6.07) is 8.21. The molecule has 1 aliphatic carbocycles. The monoisotopic (exact) mass is 1120 g/mol. The number of amides is 9. The quantitative estimate of drug-likeness (QED) is 0.0203. The predicted molar refractivity (Wildman–Crippen MR) is 285 cm³/mol. The van der Waals surface area contributed by atoms with Gasteiger partial charge in [0.2, 0.25) is 41.4 Å². The van der Waals surface area contributed by atoms with Crippen LogP contribution in [0.1, 0.15) is 103 Å². The van der Waals surface area contributed by atoms with Gasteiger partial charge in [0.1, 0.15) is 24.5 Å². The molecule has 3 aliphatic heterocycles. The largest absolute Gasteiger partial charge is 0.458 e. The van der Waals surface area contributed by atoms with Gasteiger partial charge >= 0.3 is 5.97 Å². The number of benzene rings is 2. The predicted octanol–water partition coefficient (Wildman–Crippen LogP) is -0.434. The molecule has 5 heterocycles. The highest BCUT2D eigenvalue weighted by Gasteiger charge is 2.46. The number of cyclic esters (lactones) is 1. The molecule has 0 saturated heterocycles. The van der Waals surface area contributed by atoms with E-state index < -0.39 is 109 Å². The number of aromatic nitrogens is 2. The molecule has 0 fully saturated rings. The number of carbonyl (C=O) groups excluding carboxylic acids is 10. The molecule has 8 rings (SSSR count). The fraction of sp³-hybridized carbons (Fsp3) is 0.429. The van der Waals surface area contributed by atoms with Gasteiger partial charge in [-0.1, -0.05) is 43.7 Å². The maximum atomic E-state index is 15.4. The molecule has 0 bridgehead atoms. The van der Waals surface area contributed by atoms with Crippen LogP contribution in [0.2, 0.25) is 0 Å². The molecule has 0 unspecified atom stereocenters. The molecule has 9 amide bonds. The Hall–Kier alpha value is -8.71. The smallest absolute Gasteiger partial charge is 0.343 e. The summed E-state index contributed by atoms with van der Waals surface area (Å²) >= 11 is 0. The van der Waals surface area contributed by atoms with E-state index in [1.54, 1.807) is 44.2 Å². The van der Waals surface area contributed by atoms with Crippen molar-refractivity contribution in [3.05, 3.63) is 110 Å². The van der Waals surface area contributed by atoms with E-state index in [4.69, 9.17) is 9.72 Å². The van der Waals surface area contributed by atoms with Crippen LogP contribution in [-0.4, -0.2) is 135 Å². The lowest BCUT2D eigenvalue weighted by atomic mass is 9.81. The van der Waals surface area contributed by atoms with Gasteiger partial charge in [0.25, 0.3) is 17.4 Å². The van der Waals surface area contributed by atoms with Gasteiger partial charge in [0.05, 0.1) is 61.3 Å². The van der Waals surface area contributed by atoms with Crippen molar-refractivity contribution in [3.63, 3.8) is 0 Å².